The second-order valence-electron chi connectivity index (χ2n) is 5.76. The summed E-state index contributed by atoms with van der Waals surface area (Å²) in [5.74, 6) is 0. The largest absolute Gasteiger partial charge is 0.243 e. The second kappa shape index (κ2) is 12.4. The molecule has 1 rings (SSSR count). The third-order valence-corrected chi connectivity index (χ3v) is 4.38. The van der Waals surface area contributed by atoms with Gasteiger partial charge >= 0.3 is 0 Å². The number of imidazole rings is 1. The monoisotopic (exact) mass is 343 g/mol. The predicted molar refractivity (Wildman–Crippen MR) is 90.3 cm³/mol. The number of nitrogens with zero attached hydrogens (tertiary/aromatic N) is 2. The molecule has 1 aromatic rings. The molecule has 116 valence electrons. The molecule has 0 unspecified atom stereocenters. The summed E-state index contributed by atoms with van der Waals surface area (Å²) in [4.78, 5) is 0. The molecule has 20 heavy (non-hydrogen) atoms. The molecule has 0 saturated heterocycles. The van der Waals surface area contributed by atoms with Crippen LogP contribution in [0.3, 0.4) is 0 Å². The Bertz CT molecular complexity index is 323. The number of rotatable bonds is 13. The fourth-order valence-electron chi connectivity index (χ4n) is 2.52. The van der Waals surface area contributed by atoms with E-state index in [0.29, 0.717) is 0 Å². The zero-order valence-electron chi connectivity index (χ0n) is 13.2. The predicted octanol–water partition coefficient (Wildman–Crippen LogP) is 5.09. The zero-order chi connectivity index (χ0) is 14.5. The highest BCUT2D eigenvalue weighted by molar-refractivity contribution is 9.09. The lowest BCUT2D eigenvalue weighted by Gasteiger charge is -2.00. The van der Waals surface area contributed by atoms with Crippen LogP contribution < -0.4 is 4.57 Å². The average Bonchev–Trinajstić information content (AvgIpc) is 2.90. The summed E-state index contributed by atoms with van der Waals surface area (Å²) in [6, 6.07) is 0. The minimum absolute atomic E-state index is 1.12. The van der Waals surface area contributed by atoms with Crippen molar-refractivity contribution in [3.8, 4) is 0 Å². The molecule has 0 amide bonds. The first-order chi connectivity index (χ1) is 9.86. The van der Waals surface area contributed by atoms with Crippen molar-refractivity contribution in [3.63, 3.8) is 0 Å². The molecule has 0 aliphatic carbocycles. The number of alkyl halides is 1. The normalized spacial score (nSPS) is 11.1. The van der Waals surface area contributed by atoms with E-state index < -0.39 is 0 Å². The first-order valence-corrected chi connectivity index (χ1v) is 9.59. The number of unbranched alkanes of at least 4 members (excludes halogenated alkanes) is 8. The second-order valence-corrected chi connectivity index (χ2v) is 6.55. The minimum atomic E-state index is 1.12. The van der Waals surface area contributed by atoms with Crippen LogP contribution in [0.15, 0.2) is 18.7 Å². The maximum Gasteiger partial charge on any atom is 0.243 e. The molecule has 0 aliphatic heterocycles. The third-order valence-electron chi connectivity index (χ3n) is 3.82. The summed E-state index contributed by atoms with van der Waals surface area (Å²) in [6.07, 6.45) is 20.4. The van der Waals surface area contributed by atoms with Crippen molar-refractivity contribution in [1.82, 2.24) is 4.57 Å². The van der Waals surface area contributed by atoms with Gasteiger partial charge in [0.05, 0.1) is 13.1 Å². The molecular formula is C17H32BrN2+. The molecule has 0 saturated carbocycles. The van der Waals surface area contributed by atoms with Crippen LogP contribution in [0.1, 0.15) is 71.1 Å². The van der Waals surface area contributed by atoms with Crippen LogP contribution in [0.4, 0.5) is 0 Å². The molecule has 2 nitrogen and oxygen atoms in total. The van der Waals surface area contributed by atoms with Gasteiger partial charge < -0.3 is 0 Å². The fraction of sp³-hybridized carbons (Fsp3) is 0.824. The Labute approximate surface area is 133 Å². The highest BCUT2D eigenvalue weighted by Crippen LogP contribution is 2.08. The van der Waals surface area contributed by atoms with Gasteiger partial charge in [-0.15, -0.1) is 0 Å². The Hall–Kier alpha value is -0.310. The highest BCUT2D eigenvalue weighted by atomic mass is 79.9. The molecular weight excluding hydrogens is 312 g/mol. The zero-order valence-corrected chi connectivity index (χ0v) is 14.8. The molecule has 0 radical (unpaired) electrons. The van der Waals surface area contributed by atoms with Crippen LogP contribution in [-0.2, 0) is 13.1 Å². The van der Waals surface area contributed by atoms with Gasteiger partial charge in [-0.2, -0.15) is 0 Å². The van der Waals surface area contributed by atoms with E-state index in [1.165, 1.54) is 70.8 Å². The van der Waals surface area contributed by atoms with Gasteiger partial charge in [0.1, 0.15) is 12.4 Å². The molecule has 0 atom stereocenters. The Morgan fingerprint density at radius 1 is 0.900 bits per heavy atom. The summed E-state index contributed by atoms with van der Waals surface area (Å²) in [5.41, 5.74) is 0. The van der Waals surface area contributed by atoms with E-state index in [4.69, 9.17) is 0 Å². The van der Waals surface area contributed by atoms with Gasteiger partial charge in [0.25, 0.3) is 0 Å². The molecule has 0 fully saturated rings. The third kappa shape index (κ3) is 8.78. The van der Waals surface area contributed by atoms with Crippen molar-refractivity contribution in [1.29, 1.82) is 0 Å². The van der Waals surface area contributed by atoms with Crippen molar-refractivity contribution < 1.29 is 4.57 Å². The van der Waals surface area contributed by atoms with E-state index in [-0.39, 0.29) is 0 Å². The van der Waals surface area contributed by atoms with Crippen molar-refractivity contribution >= 4 is 15.9 Å². The Kier molecular flexibility index (Phi) is 11.0. The van der Waals surface area contributed by atoms with Crippen LogP contribution in [0.5, 0.6) is 0 Å². The lowest BCUT2D eigenvalue weighted by molar-refractivity contribution is -0.696. The van der Waals surface area contributed by atoms with Gasteiger partial charge in [0.2, 0.25) is 6.33 Å². The molecule has 1 heterocycles. The minimum Gasteiger partial charge on any atom is -0.237 e. The average molecular weight is 344 g/mol. The number of aromatic nitrogens is 2. The van der Waals surface area contributed by atoms with E-state index in [0.717, 1.165) is 11.9 Å². The van der Waals surface area contributed by atoms with Gasteiger partial charge in [-0.1, -0.05) is 61.4 Å². The van der Waals surface area contributed by atoms with Crippen LogP contribution in [0.2, 0.25) is 0 Å². The topological polar surface area (TPSA) is 8.81 Å². The molecule has 0 N–H and O–H groups in total. The van der Waals surface area contributed by atoms with Crippen molar-refractivity contribution in [3.05, 3.63) is 18.7 Å². The fourth-order valence-corrected chi connectivity index (χ4v) is 2.92. The van der Waals surface area contributed by atoms with Gasteiger partial charge in [-0.05, 0) is 25.7 Å². The maximum absolute atomic E-state index is 3.48. The smallest absolute Gasteiger partial charge is 0.237 e. The SMILES string of the molecule is CCCCCCCCCC[n+]1ccn(CCCCBr)c1. The molecule has 1 aromatic heterocycles. The molecule has 0 aromatic carbocycles. The molecule has 0 bridgehead atoms. The van der Waals surface area contributed by atoms with E-state index in [2.05, 4.69) is 50.7 Å². The highest BCUT2D eigenvalue weighted by Gasteiger charge is 2.03. The van der Waals surface area contributed by atoms with Crippen molar-refractivity contribution in [2.45, 2.75) is 84.2 Å². The van der Waals surface area contributed by atoms with E-state index >= 15 is 0 Å². The molecule has 0 spiro atoms. The van der Waals surface area contributed by atoms with Crippen LogP contribution in [0, 0.1) is 0 Å². The molecule has 0 aliphatic rings. The number of aryl methyl sites for hydroxylation is 2. The Morgan fingerprint density at radius 2 is 1.60 bits per heavy atom. The van der Waals surface area contributed by atoms with E-state index in [1.54, 1.807) is 0 Å². The first kappa shape index (κ1) is 17.7. The number of halogens is 1. The van der Waals surface area contributed by atoms with Crippen LogP contribution in [-0.4, -0.2) is 9.90 Å². The number of hydrogen-bond donors (Lipinski definition) is 0. The summed E-state index contributed by atoms with van der Waals surface area (Å²) >= 11 is 3.48. The quantitative estimate of drug-likeness (QED) is 0.268. The van der Waals surface area contributed by atoms with Crippen molar-refractivity contribution in [2.24, 2.45) is 0 Å². The van der Waals surface area contributed by atoms with Gasteiger partial charge in [-0.25, -0.2) is 9.13 Å². The van der Waals surface area contributed by atoms with Gasteiger partial charge in [-0.3, -0.25) is 0 Å². The summed E-state index contributed by atoms with van der Waals surface area (Å²) in [7, 11) is 0. The lowest BCUT2D eigenvalue weighted by atomic mass is 10.1. The van der Waals surface area contributed by atoms with Gasteiger partial charge in [0.15, 0.2) is 0 Å². The van der Waals surface area contributed by atoms with Gasteiger partial charge in [0, 0.05) is 5.33 Å². The van der Waals surface area contributed by atoms with Crippen LogP contribution in [0.25, 0.3) is 0 Å². The standard InChI is InChI=1S/C17H32BrN2/c1-2-3-4-5-6-7-8-10-13-19-15-16-20(17-19)14-11-9-12-18/h15-17H,2-14H2,1H3/q+1. The molecule has 3 heteroatoms. The summed E-state index contributed by atoms with van der Waals surface area (Å²) in [6.45, 7) is 4.61. The van der Waals surface area contributed by atoms with E-state index in [1.807, 2.05) is 0 Å². The van der Waals surface area contributed by atoms with Crippen LogP contribution >= 0.6 is 15.9 Å². The summed E-state index contributed by atoms with van der Waals surface area (Å²) in [5, 5.41) is 1.12. The first-order valence-electron chi connectivity index (χ1n) is 8.47. The van der Waals surface area contributed by atoms with Crippen molar-refractivity contribution in [2.75, 3.05) is 5.33 Å². The number of hydrogen-bond acceptors (Lipinski definition) is 0. The Morgan fingerprint density at radius 3 is 2.30 bits per heavy atom. The summed E-state index contributed by atoms with van der Waals surface area (Å²) < 4.78 is 4.65. The lowest BCUT2D eigenvalue weighted by Crippen LogP contribution is -2.30. The van der Waals surface area contributed by atoms with E-state index in [9.17, 15) is 0 Å². The Balaban J connectivity index is 1.99. The maximum atomic E-state index is 3.48.